The molecule has 152 valence electrons. The molecule has 0 aliphatic carbocycles. The molecule has 27 heavy (non-hydrogen) atoms. The zero-order valence-corrected chi connectivity index (χ0v) is 18.3. The van der Waals surface area contributed by atoms with Gasteiger partial charge >= 0.3 is 0 Å². The van der Waals surface area contributed by atoms with E-state index in [0.717, 1.165) is 48.6 Å². The number of fused-ring (bicyclic) bond motifs is 1. The van der Waals surface area contributed by atoms with Crippen LogP contribution >= 0.6 is 11.7 Å². The van der Waals surface area contributed by atoms with Gasteiger partial charge in [0.2, 0.25) is 0 Å². The Morgan fingerprint density at radius 1 is 0.778 bits per heavy atom. The molecule has 2 atom stereocenters. The highest BCUT2D eigenvalue weighted by atomic mass is 32.1. The Balaban J connectivity index is 2.01. The third-order valence-corrected chi connectivity index (χ3v) is 5.91. The van der Waals surface area contributed by atoms with Crippen molar-refractivity contribution in [3.05, 3.63) is 12.1 Å². The van der Waals surface area contributed by atoms with Gasteiger partial charge in [0, 0.05) is 0 Å². The summed E-state index contributed by atoms with van der Waals surface area (Å²) in [6, 6.07) is 4.00. The van der Waals surface area contributed by atoms with Crippen LogP contribution in [0.3, 0.4) is 0 Å². The van der Waals surface area contributed by atoms with E-state index >= 15 is 0 Å². The van der Waals surface area contributed by atoms with E-state index in [2.05, 4.69) is 36.4 Å². The van der Waals surface area contributed by atoms with Crippen LogP contribution < -0.4 is 9.47 Å². The van der Waals surface area contributed by atoms with E-state index in [4.69, 9.17) is 9.47 Å². The van der Waals surface area contributed by atoms with Gasteiger partial charge in [-0.2, -0.15) is 8.75 Å². The molecule has 0 aliphatic heterocycles. The second-order valence-corrected chi connectivity index (χ2v) is 8.01. The smallest absolute Gasteiger partial charge is 0.150 e. The highest BCUT2D eigenvalue weighted by Gasteiger charge is 2.16. The van der Waals surface area contributed by atoms with E-state index in [1.165, 1.54) is 50.3 Å². The highest BCUT2D eigenvalue weighted by Crippen LogP contribution is 2.33. The molecule has 1 aromatic heterocycles. The van der Waals surface area contributed by atoms with Crippen molar-refractivity contribution in [3.8, 4) is 11.5 Å². The third-order valence-electron chi connectivity index (χ3n) is 5.38. The fourth-order valence-corrected chi connectivity index (χ4v) is 3.82. The second-order valence-electron chi connectivity index (χ2n) is 7.48. The fraction of sp³-hybridized carbons (Fsp3) is 0.727. The van der Waals surface area contributed by atoms with E-state index in [-0.39, 0.29) is 0 Å². The van der Waals surface area contributed by atoms with Gasteiger partial charge in [-0.25, -0.2) is 0 Å². The quantitative estimate of drug-likeness (QED) is 0.351. The summed E-state index contributed by atoms with van der Waals surface area (Å²) in [5, 5.41) is 0. The van der Waals surface area contributed by atoms with E-state index in [9.17, 15) is 0 Å². The Morgan fingerprint density at radius 2 is 1.22 bits per heavy atom. The van der Waals surface area contributed by atoms with E-state index < -0.39 is 0 Å². The molecule has 0 amide bonds. The highest BCUT2D eigenvalue weighted by molar-refractivity contribution is 7.00. The van der Waals surface area contributed by atoms with E-state index in [0.29, 0.717) is 11.8 Å². The molecular formula is C22H36N2O2S. The molecule has 2 aromatic rings. The van der Waals surface area contributed by atoms with Crippen LogP contribution in [0.1, 0.15) is 79.1 Å². The van der Waals surface area contributed by atoms with Gasteiger partial charge in [0.15, 0.2) is 0 Å². The summed E-state index contributed by atoms with van der Waals surface area (Å²) in [4.78, 5) is 0. The SMILES string of the molecule is CCCCC(CC)COc1ccc(OCC(CC)CCCC)c2nsnc12. The molecule has 5 heteroatoms. The first-order chi connectivity index (χ1) is 13.2. The van der Waals surface area contributed by atoms with Crippen LogP contribution in [-0.4, -0.2) is 22.0 Å². The van der Waals surface area contributed by atoms with Crippen LogP contribution in [0, 0.1) is 11.8 Å². The number of benzene rings is 1. The zero-order chi connectivity index (χ0) is 19.5. The minimum atomic E-state index is 0.603. The molecule has 1 heterocycles. The lowest BCUT2D eigenvalue weighted by Gasteiger charge is -2.17. The standard InChI is InChI=1S/C22H36N2O2S/c1-5-9-11-17(7-3)15-25-19-13-14-20(22-21(19)23-27-24-22)26-16-18(8-4)12-10-6-2/h13-14,17-18H,5-12,15-16H2,1-4H3. The lowest BCUT2D eigenvalue weighted by atomic mass is 10.0. The van der Waals surface area contributed by atoms with Crippen molar-refractivity contribution in [1.29, 1.82) is 0 Å². The molecule has 4 nitrogen and oxygen atoms in total. The van der Waals surface area contributed by atoms with Gasteiger partial charge in [-0.3, -0.25) is 0 Å². The molecule has 0 saturated carbocycles. The topological polar surface area (TPSA) is 44.2 Å². The van der Waals surface area contributed by atoms with Crippen molar-refractivity contribution in [2.45, 2.75) is 79.1 Å². The molecule has 1 aromatic carbocycles. The summed E-state index contributed by atoms with van der Waals surface area (Å²) in [7, 11) is 0. The Kier molecular flexibility index (Phi) is 9.89. The summed E-state index contributed by atoms with van der Waals surface area (Å²) in [6.45, 7) is 10.5. The number of hydrogen-bond donors (Lipinski definition) is 0. The maximum absolute atomic E-state index is 6.13. The Labute approximate surface area is 169 Å². The fourth-order valence-electron chi connectivity index (χ4n) is 3.27. The van der Waals surface area contributed by atoms with Crippen LogP contribution in [0.5, 0.6) is 11.5 Å². The Morgan fingerprint density at radius 3 is 1.59 bits per heavy atom. The normalized spacial score (nSPS) is 13.6. The first-order valence-electron chi connectivity index (χ1n) is 10.7. The Hall–Kier alpha value is -1.36. The van der Waals surface area contributed by atoms with E-state index in [1.54, 1.807) is 0 Å². The van der Waals surface area contributed by atoms with Crippen LogP contribution in [0.2, 0.25) is 0 Å². The van der Waals surface area contributed by atoms with Gasteiger partial charge in [0.1, 0.15) is 22.5 Å². The second kappa shape index (κ2) is 12.2. The number of hydrogen-bond acceptors (Lipinski definition) is 5. The van der Waals surface area contributed by atoms with Crippen LogP contribution in [0.15, 0.2) is 12.1 Å². The van der Waals surface area contributed by atoms with Crippen molar-refractivity contribution in [2.24, 2.45) is 11.8 Å². The zero-order valence-electron chi connectivity index (χ0n) is 17.5. The molecule has 0 fully saturated rings. The van der Waals surface area contributed by atoms with E-state index in [1.807, 2.05) is 12.1 Å². The first-order valence-corrected chi connectivity index (χ1v) is 11.5. The summed E-state index contributed by atoms with van der Waals surface area (Å²) in [6.07, 6.45) is 9.74. The largest absolute Gasteiger partial charge is 0.491 e. The monoisotopic (exact) mass is 392 g/mol. The maximum atomic E-state index is 6.13. The molecule has 0 saturated heterocycles. The van der Waals surface area contributed by atoms with Gasteiger partial charge < -0.3 is 9.47 Å². The maximum Gasteiger partial charge on any atom is 0.150 e. The number of nitrogens with zero attached hydrogens (tertiary/aromatic N) is 2. The number of unbranched alkanes of at least 4 members (excludes halogenated alkanes) is 2. The summed E-state index contributed by atoms with van der Waals surface area (Å²) in [5.74, 6) is 2.87. The number of aromatic nitrogens is 2. The summed E-state index contributed by atoms with van der Waals surface area (Å²) < 4.78 is 21.2. The Bertz CT molecular complexity index is 605. The van der Waals surface area contributed by atoms with Crippen LogP contribution in [0.4, 0.5) is 0 Å². The predicted octanol–water partition coefficient (Wildman–Crippen LogP) is 6.88. The summed E-state index contributed by atoms with van der Waals surface area (Å²) in [5.41, 5.74) is 1.67. The molecule has 0 bridgehead atoms. The number of ether oxygens (including phenoxy) is 2. The molecule has 0 aliphatic rings. The van der Waals surface area contributed by atoms with Crippen molar-refractivity contribution in [3.63, 3.8) is 0 Å². The van der Waals surface area contributed by atoms with Gasteiger partial charge in [0.25, 0.3) is 0 Å². The van der Waals surface area contributed by atoms with Gasteiger partial charge in [0.05, 0.1) is 24.9 Å². The molecule has 2 rings (SSSR count). The van der Waals surface area contributed by atoms with Crippen LogP contribution in [0.25, 0.3) is 11.0 Å². The first kappa shape index (κ1) is 21.9. The van der Waals surface area contributed by atoms with Crippen molar-refractivity contribution >= 4 is 22.8 Å². The molecule has 0 spiro atoms. The third kappa shape index (κ3) is 6.63. The van der Waals surface area contributed by atoms with Crippen molar-refractivity contribution in [2.75, 3.05) is 13.2 Å². The molecule has 0 radical (unpaired) electrons. The molecule has 0 N–H and O–H groups in total. The predicted molar refractivity (Wildman–Crippen MR) is 115 cm³/mol. The number of rotatable bonds is 14. The lowest BCUT2D eigenvalue weighted by molar-refractivity contribution is 0.231. The van der Waals surface area contributed by atoms with Crippen molar-refractivity contribution in [1.82, 2.24) is 8.75 Å². The molecule has 2 unspecified atom stereocenters. The van der Waals surface area contributed by atoms with Crippen LogP contribution in [-0.2, 0) is 0 Å². The van der Waals surface area contributed by atoms with Gasteiger partial charge in [-0.1, -0.05) is 66.2 Å². The summed E-state index contributed by atoms with van der Waals surface area (Å²) >= 11 is 1.23. The average Bonchev–Trinajstić information content (AvgIpc) is 3.19. The minimum absolute atomic E-state index is 0.603. The van der Waals surface area contributed by atoms with Crippen molar-refractivity contribution < 1.29 is 9.47 Å². The molecular weight excluding hydrogens is 356 g/mol. The van der Waals surface area contributed by atoms with Gasteiger partial charge in [-0.05, 0) is 36.8 Å². The minimum Gasteiger partial charge on any atom is -0.491 e. The lowest BCUT2D eigenvalue weighted by Crippen LogP contribution is -2.12. The van der Waals surface area contributed by atoms with Gasteiger partial charge in [-0.15, -0.1) is 0 Å². The average molecular weight is 393 g/mol.